The lowest BCUT2D eigenvalue weighted by atomic mass is 9.73. The summed E-state index contributed by atoms with van der Waals surface area (Å²) in [7, 11) is 0. The van der Waals surface area contributed by atoms with Gasteiger partial charge in [-0.2, -0.15) is 0 Å². The third-order valence-electron chi connectivity index (χ3n) is 6.86. The van der Waals surface area contributed by atoms with Gasteiger partial charge in [0.1, 0.15) is 0 Å². The van der Waals surface area contributed by atoms with Crippen molar-refractivity contribution in [1.29, 1.82) is 0 Å². The quantitative estimate of drug-likeness (QED) is 0.396. The number of benzene rings is 3. The molecule has 0 aromatic heterocycles. The number of ketones is 1. The lowest BCUT2D eigenvalue weighted by Crippen LogP contribution is -2.41. The summed E-state index contributed by atoms with van der Waals surface area (Å²) < 4.78 is 11.3. The molecule has 0 spiro atoms. The number of anilines is 3. The van der Waals surface area contributed by atoms with Gasteiger partial charge in [-0.25, -0.2) is 0 Å². The number of fused-ring (bicyclic) bond motifs is 2. The summed E-state index contributed by atoms with van der Waals surface area (Å²) in [6, 6.07) is 23.3. The van der Waals surface area contributed by atoms with Crippen molar-refractivity contribution in [2.45, 2.75) is 32.7 Å². The number of carbonyl (C=O) groups is 1. The number of carbonyl (C=O) groups excluding carboxylic acids is 1. The Bertz CT molecular complexity index is 1400. The third-order valence-corrected chi connectivity index (χ3v) is 7.16. The van der Waals surface area contributed by atoms with E-state index in [0.29, 0.717) is 23.0 Å². The first kappa shape index (κ1) is 22.6. The Morgan fingerprint density at radius 3 is 2.58 bits per heavy atom. The minimum Gasteiger partial charge on any atom is -0.454 e. The molecule has 3 aromatic carbocycles. The molecule has 6 nitrogen and oxygen atoms in total. The number of hydrogen-bond donors (Lipinski definition) is 2. The van der Waals surface area contributed by atoms with Gasteiger partial charge in [0, 0.05) is 23.4 Å². The van der Waals surface area contributed by atoms with E-state index in [0.717, 1.165) is 40.3 Å². The van der Waals surface area contributed by atoms with Gasteiger partial charge in [0.15, 0.2) is 22.4 Å². The molecule has 0 bridgehead atoms. The first-order valence-corrected chi connectivity index (χ1v) is 12.5. The predicted molar refractivity (Wildman–Crippen MR) is 146 cm³/mol. The molecule has 7 heteroatoms. The van der Waals surface area contributed by atoms with Crippen molar-refractivity contribution < 1.29 is 14.3 Å². The maximum absolute atomic E-state index is 13.8. The van der Waals surface area contributed by atoms with Gasteiger partial charge in [0.2, 0.25) is 6.79 Å². The van der Waals surface area contributed by atoms with Gasteiger partial charge in [0.25, 0.3) is 0 Å². The number of hydrogen-bond acceptors (Lipinski definition) is 5. The number of thiocarbonyl (C=S) groups is 1. The van der Waals surface area contributed by atoms with E-state index in [9.17, 15) is 4.79 Å². The maximum atomic E-state index is 13.8. The van der Waals surface area contributed by atoms with Crippen molar-refractivity contribution in [2.24, 2.45) is 5.41 Å². The highest BCUT2D eigenvalue weighted by Crippen LogP contribution is 2.49. The fraction of sp³-hybridized carbons (Fsp3) is 0.241. The van der Waals surface area contributed by atoms with E-state index in [4.69, 9.17) is 21.7 Å². The number of Topliss-reactive ketones (excluding diaryl/α,β-unsaturated/α-hetero) is 1. The standard InChI is InChI=1S/C29H27N3O3S/c1-29(2)15-21-26(23(33)16-29)27(18-12-13-24-25(14-18)35-17-34-24)32(22-11-7-6-10-20(22)31-21)28(36)30-19-8-4-3-5-9-19/h3-14,27,31H,15-17H2,1-2H3,(H,30,36)/t27-/m0/s1. The fourth-order valence-corrected chi connectivity index (χ4v) is 5.64. The number of para-hydroxylation sites is 3. The highest BCUT2D eigenvalue weighted by Gasteiger charge is 2.43. The third kappa shape index (κ3) is 3.99. The largest absolute Gasteiger partial charge is 0.454 e. The van der Waals surface area contributed by atoms with Gasteiger partial charge >= 0.3 is 0 Å². The van der Waals surface area contributed by atoms with Crippen LogP contribution < -0.4 is 25.0 Å². The Morgan fingerprint density at radius 1 is 1.00 bits per heavy atom. The van der Waals surface area contributed by atoms with Crippen LogP contribution in [0.15, 0.2) is 84.1 Å². The second kappa shape index (κ2) is 8.68. The van der Waals surface area contributed by atoms with Crippen molar-refractivity contribution in [1.82, 2.24) is 0 Å². The van der Waals surface area contributed by atoms with Gasteiger partial charge in [-0.3, -0.25) is 4.79 Å². The molecule has 0 saturated carbocycles. The van der Waals surface area contributed by atoms with Crippen LogP contribution in [0.3, 0.4) is 0 Å². The normalized spacial score (nSPS) is 19.7. The number of nitrogens with one attached hydrogen (secondary N) is 2. The summed E-state index contributed by atoms with van der Waals surface area (Å²) in [6.07, 6.45) is 1.23. The van der Waals surface area contributed by atoms with Crippen LogP contribution >= 0.6 is 12.2 Å². The minimum absolute atomic E-state index is 0.122. The van der Waals surface area contributed by atoms with Crippen LogP contribution in [0.4, 0.5) is 17.1 Å². The van der Waals surface area contributed by atoms with Crippen LogP contribution in [0, 0.1) is 5.41 Å². The average molecular weight is 498 g/mol. The number of ether oxygens (including phenoxy) is 2. The summed E-state index contributed by atoms with van der Waals surface area (Å²) in [5, 5.41) is 7.52. The maximum Gasteiger partial charge on any atom is 0.231 e. The molecule has 182 valence electrons. The smallest absolute Gasteiger partial charge is 0.231 e. The highest BCUT2D eigenvalue weighted by atomic mass is 32.1. The van der Waals surface area contributed by atoms with E-state index in [1.807, 2.05) is 72.8 Å². The lowest BCUT2D eigenvalue weighted by molar-refractivity contribution is -0.118. The minimum atomic E-state index is -0.446. The Labute approximate surface area is 215 Å². The van der Waals surface area contributed by atoms with E-state index in [1.165, 1.54) is 0 Å². The van der Waals surface area contributed by atoms with Crippen molar-refractivity contribution in [3.63, 3.8) is 0 Å². The second-order valence-electron chi connectivity index (χ2n) is 10.2. The van der Waals surface area contributed by atoms with E-state index >= 15 is 0 Å². The van der Waals surface area contributed by atoms with Gasteiger partial charge in [-0.05, 0) is 66.0 Å². The van der Waals surface area contributed by atoms with Crippen LogP contribution in [0.1, 0.15) is 38.3 Å². The molecule has 1 atom stereocenters. The average Bonchev–Trinajstić information content (AvgIpc) is 3.26. The molecule has 3 aliphatic rings. The van der Waals surface area contributed by atoms with E-state index in [-0.39, 0.29) is 18.0 Å². The van der Waals surface area contributed by atoms with E-state index < -0.39 is 6.04 Å². The Morgan fingerprint density at radius 2 is 1.75 bits per heavy atom. The Balaban J connectivity index is 1.56. The molecule has 2 N–H and O–H groups in total. The lowest BCUT2D eigenvalue weighted by Gasteiger charge is -2.38. The van der Waals surface area contributed by atoms with E-state index in [1.54, 1.807) is 0 Å². The molecule has 1 aliphatic carbocycles. The molecule has 3 aromatic rings. The van der Waals surface area contributed by atoms with E-state index in [2.05, 4.69) is 29.4 Å². The van der Waals surface area contributed by atoms with Crippen LogP contribution in [-0.2, 0) is 4.79 Å². The Kier molecular flexibility index (Phi) is 5.45. The first-order valence-electron chi connectivity index (χ1n) is 12.1. The second-order valence-corrected chi connectivity index (χ2v) is 10.5. The number of rotatable bonds is 2. The monoisotopic (exact) mass is 497 g/mol. The number of allylic oxidation sites excluding steroid dienone is 1. The summed E-state index contributed by atoms with van der Waals surface area (Å²) >= 11 is 6.04. The summed E-state index contributed by atoms with van der Waals surface area (Å²) in [6.45, 7) is 4.47. The van der Waals surface area contributed by atoms with Crippen molar-refractivity contribution in [2.75, 3.05) is 22.3 Å². The van der Waals surface area contributed by atoms with Gasteiger partial charge in [0.05, 0.1) is 17.4 Å². The number of nitrogens with zero attached hydrogens (tertiary/aromatic N) is 1. The predicted octanol–water partition coefficient (Wildman–Crippen LogP) is 6.43. The molecule has 0 radical (unpaired) electrons. The molecular weight excluding hydrogens is 470 g/mol. The molecular formula is C29H27N3O3S. The highest BCUT2D eigenvalue weighted by molar-refractivity contribution is 7.80. The van der Waals surface area contributed by atoms with Crippen LogP contribution in [-0.4, -0.2) is 17.7 Å². The topological polar surface area (TPSA) is 62.8 Å². The molecule has 0 saturated heterocycles. The zero-order valence-electron chi connectivity index (χ0n) is 20.2. The van der Waals surface area contributed by atoms with Crippen LogP contribution in [0.5, 0.6) is 11.5 Å². The zero-order chi connectivity index (χ0) is 24.9. The Hall–Kier alpha value is -3.84. The molecule has 36 heavy (non-hydrogen) atoms. The molecule has 6 rings (SSSR count). The van der Waals surface area contributed by atoms with Gasteiger partial charge in [-0.1, -0.05) is 50.2 Å². The van der Waals surface area contributed by atoms with Crippen LogP contribution in [0.2, 0.25) is 0 Å². The molecule has 0 fully saturated rings. The summed E-state index contributed by atoms with van der Waals surface area (Å²) in [5.74, 6) is 1.50. The SMILES string of the molecule is CC1(C)CC(=O)C2=C(C1)Nc1ccccc1N(C(=S)Nc1ccccc1)[C@H]2c1ccc2c(c1)OCO2. The first-order chi connectivity index (χ1) is 17.4. The zero-order valence-corrected chi connectivity index (χ0v) is 21.0. The summed E-state index contributed by atoms with van der Waals surface area (Å²) in [4.78, 5) is 15.9. The van der Waals surface area contributed by atoms with Crippen LogP contribution in [0.25, 0.3) is 0 Å². The van der Waals surface area contributed by atoms with Crippen molar-refractivity contribution >= 4 is 40.2 Å². The summed E-state index contributed by atoms with van der Waals surface area (Å²) in [5.41, 5.74) is 5.14. The fourth-order valence-electron chi connectivity index (χ4n) is 5.31. The molecule has 0 unspecified atom stereocenters. The molecule has 2 heterocycles. The van der Waals surface area contributed by atoms with Crippen molar-refractivity contribution in [3.05, 3.63) is 89.6 Å². The van der Waals surface area contributed by atoms with Gasteiger partial charge < -0.3 is 25.0 Å². The van der Waals surface area contributed by atoms with Gasteiger partial charge in [-0.15, -0.1) is 0 Å². The molecule has 2 aliphatic heterocycles. The molecule has 0 amide bonds. The van der Waals surface area contributed by atoms with Crippen molar-refractivity contribution in [3.8, 4) is 11.5 Å².